The quantitative estimate of drug-likeness (QED) is 0.767. The molecule has 1 saturated heterocycles. The van der Waals surface area contributed by atoms with Gasteiger partial charge in [0.2, 0.25) is 0 Å². The summed E-state index contributed by atoms with van der Waals surface area (Å²) in [5.74, 6) is 2.11. The summed E-state index contributed by atoms with van der Waals surface area (Å²) in [5, 5.41) is 9.03. The molecule has 0 aromatic rings. The number of carbonyl (C=O) groups is 1. The van der Waals surface area contributed by atoms with Crippen molar-refractivity contribution >= 4 is 17.7 Å². The van der Waals surface area contributed by atoms with Gasteiger partial charge in [0.1, 0.15) is 6.04 Å². The van der Waals surface area contributed by atoms with E-state index in [1.807, 2.05) is 0 Å². The molecule has 14 heavy (non-hydrogen) atoms. The Morgan fingerprint density at radius 1 is 1.50 bits per heavy atom. The van der Waals surface area contributed by atoms with E-state index in [1.165, 1.54) is 19.3 Å². The predicted octanol–water partition coefficient (Wildman–Crippen LogP) is 1.29. The number of nitrogens with zero attached hydrogens (tertiary/aromatic N) is 1. The SMILES string of the molecule is O=C(O)C1CSCCN1CCC1CC1. The van der Waals surface area contributed by atoms with Crippen LogP contribution in [-0.4, -0.2) is 46.6 Å². The lowest BCUT2D eigenvalue weighted by Gasteiger charge is -2.32. The van der Waals surface area contributed by atoms with Gasteiger partial charge in [-0.05, 0) is 18.9 Å². The topological polar surface area (TPSA) is 40.5 Å². The molecule has 3 nitrogen and oxygen atoms in total. The molecular weight excluding hydrogens is 198 g/mol. The maximum atomic E-state index is 11.0. The first-order valence-corrected chi connectivity index (χ1v) is 6.47. The van der Waals surface area contributed by atoms with Gasteiger partial charge < -0.3 is 5.11 Å². The van der Waals surface area contributed by atoms with Crippen LogP contribution in [0.3, 0.4) is 0 Å². The number of hydrogen-bond donors (Lipinski definition) is 1. The van der Waals surface area contributed by atoms with E-state index in [1.54, 1.807) is 11.8 Å². The zero-order valence-electron chi connectivity index (χ0n) is 8.32. The minimum atomic E-state index is -0.645. The Morgan fingerprint density at radius 3 is 2.93 bits per heavy atom. The van der Waals surface area contributed by atoms with Crippen LogP contribution in [-0.2, 0) is 4.79 Å². The second-order valence-corrected chi connectivity index (χ2v) is 5.35. The van der Waals surface area contributed by atoms with Crippen LogP contribution in [0.25, 0.3) is 0 Å². The lowest BCUT2D eigenvalue weighted by molar-refractivity contribution is -0.142. The summed E-state index contributed by atoms with van der Waals surface area (Å²) in [4.78, 5) is 13.1. The fourth-order valence-electron chi connectivity index (χ4n) is 1.89. The lowest BCUT2D eigenvalue weighted by Crippen LogP contribution is -2.47. The first-order valence-electron chi connectivity index (χ1n) is 5.32. The Balaban J connectivity index is 1.81. The van der Waals surface area contributed by atoms with Crippen LogP contribution < -0.4 is 0 Å². The predicted molar refractivity (Wildman–Crippen MR) is 57.7 cm³/mol. The van der Waals surface area contributed by atoms with Crippen LogP contribution in [0.4, 0.5) is 0 Å². The molecule has 0 amide bonds. The van der Waals surface area contributed by atoms with Crippen LogP contribution in [0, 0.1) is 5.92 Å². The van der Waals surface area contributed by atoms with E-state index >= 15 is 0 Å². The zero-order valence-corrected chi connectivity index (χ0v) is 9.13. The van der Waals surface area contributed by atoms with Gasteiger partial charge in [-0.3, -0.25) is 9.69 Å². The second-order valence-electron chi connectivity index (χ2n) is 4.20. The van der Waals surface area contributed by atoms with E-state index < -0.39 is 5.97 Å². The van der Waals surface area contributed by atoms with Crippen molar-refractivity contribution in [3.05, 3.63) is 0 Å². The molecule has 80 valence electrons. The molecule has 0 radical (unpaired) electrons. The highest BCUT2D eigenvalue weighted by Gasteiger charge is 2.30. The molecule has 1 heterocycles. The third-order valence-corrected chi connectivity index (χ3v) is 4.07. The summed E-state index contributed by atoms with van der Waals surface area (Å²) < 4.78 is 0. The summed E-state index contributed by atoms with van der Waals surface area (Å²) >= 11 is 1.76. The van der Waals surface area contributed by atoms with Crippen molar-refractivity contribution in [2.45, 2.75) is 25.3 Å². The van der Waals surface area contributed by atoms with Crippen molar-refractivity contribution < 1.29 is 9.90 Å². The van der Waals surface area contributed by atoms with E-state index in [0.29, 0.717) is 0 Å². The summed E-state index contributed by atoms with van der Waals surface area (Å²) in [5.41, 5.74) is 0. The van der Waals surface area contributed by atoms with Gasteiger partial charge in [-0.1, -0.05) is 12.8 Å². The summed E-state index contributed by atoms with van der Waals surface area (Å²) in [7, 11) is 0. The first kappa shape index (κ1) is 10.3. The fraction of sp³-hybridized carbons (Fsp3) is 0.900. The molecule has 1 unspecified atom stereocenters. The largest absolute Gasteiger partial charge is 0.480 e. The Bertz CT molecular complexity index is 218. The zero-order chi connectivity index (χ0) is 9.97. The summed E-state index contributed by atoms with van der Waals surface area (Å²) in [6.45, 7) is 1.94. The van der Waals surface area contributed by atoms with Crippen molar-refractivity contribution in [1.29, 1.82) is 0 Å². The second kappa shape index (κ2) is 4.53. The minimum Gasteiger partial charge on any atom is -0.480 e. The third kappa shape index (κ3) is 2.64. The van der Waals surface area contributed by atoms with Gasteiger partial charge in [0.25, 0.3) is 0 Å². The van der Waals surface area contributed by atoms with Crippen molar-refractivity contribution in [2.75, 3.05) is 24.6 Å². The molecule has 4 heteroatoms. The van der Waals surface area contributed by atoms with Crippen LogP contribution in [0.15, 0.2) is 0 Å². The normalized spacial score (nSPS) is 29.0. The number of carboxylic acids is 1. The Kier molecular flexibility index (Phi) is 3.34. The van der Waals surface area contributed by atoms with Gasteiger partial charge in [0.15, 0.2) is 0 Å². The number of carboxylic acid groups (broad SMARTS) is 1. The molecule has 2 rings (SSSR count). The monoisotopic (exact) mass is 215 g/mol. The van der Waals surface area contributed by atoms with Crippen molar-refractivity contribution in [1.82, 2.24) is 4.90 Å². The highest BCUT2D eigenvalue weighted by atomic mass is 32.2. The molecule has 1 saturated carbocycles. The molecule has 2 aliphatic rings. The number of hydrogen-bond acceptors (Lipinski definition) is 3. The molecular formula is C10H17NO2S. The van der Waals surface area contributed by atoms with E-state index in [0.717, 1.165) is 30.5 Å². The smallest absolute Gasteiger partial charge is 0.321 e. The van der Waals surface area contributed by atoms with Gasteiger partial charge in [-0.2, -0.15) is 11.8 Å². The summed E-state index contributed by atoms with van der Waals surface area (Å²) in [6.07, 6.45) is 3.93. The van der Waals surface area contributed by atoms with Crippen LogP contribution >= 0.6 is 11.8 Å². The number of thioether (sulfide) groups is 1. The maximum Gasteiger partial charge on any atom is 0.321 e. The van der Waals surface area contributed by atoms with E-state index in [4.69, 9.17) is 5.11 Å². The van der Waals surface area contributed by atoms with Crippen LogP contribution in [0.1, 0.15) is 19.3 Å². The van der Waals surface area contributed by atoms with Gasteiger partial charge >= 0.3 is 5.97 Å². The number of rotatable bonds is 4. The van der Waals surface area contributed by atoms with Crippen LogP contribution in [0.2, 0.25) is 0 Å². The van der Waals surface area contributed by atoms with E-state index in [2.05, 4.69) is 4.90 Å². The van der Waals surface area contributed by atoms with Gasteiger partial charge in [-0.15, -0.1) is 0 Å². The Labute approximate surface area is 88.9 Å². The molecule has 0 bridgehead atoms. The molecule has 1 N–H and O–H groups in total. The van der Waals surface area contributed by atoms with Gasteiger partial charge in [0.05, 0.1) is 0 Å². The van der Waals surface area contributed by atoms with E-state index in [9.17, 15) is 4.79 Å². The average Bonchev–Trinajstić information content (AvgIpc) is 2.98. The van der Waals surface area contributed by atoms with Crippen molar-refractivity contribution in [2.24, 2.45) is 5.92 Å². The molecule has 1 atom stereocenters. The van der Waals surface area contributed by atoms with E-state index in [-0.39, 0.29) is 6.04 Å². The molecule has 1 aliphatic carbocycles. The lowest BCUT2D eigenvalue weighted by atomic mass is 10.2. The number of aliphatic carboxylic acids is 1. The van der Waals surface area contributed by atoms with Gasteiger partial charge in [-0.25, -0.2) is 0 Å². The third-order valence-electron chi connectivity index (χ3n) is 3.05. The van der Waals surface area contributed by atoms with Crippen molar-refractivity contribution in [3.63, 3.8) is 0 Å². The van der Waals surface area contributed by atoms with Crippen LogP contribution in [0.5, 0.6) is 0 Å². The molecule has 0 spiro atoms. The average molecular weight is 215 g/mol. The molecule has 0 aromatic carbocycles. The molecule has 0 aromatic heterocycles. The Hall–Kier alpha value is -0.220. The standard InChI is InChI=1S/C10H17NO2S/c12-10(13)9-7-14-6-5-11(9)4-3-8-1-2-8/h8-9H,1-7H2,(H,12,13). The van der Waals surface area contributed by atoms with Gasteiger partial charge in [0, 0.05) is 18.1 Å². The minimum absolute atomic E-state index is 0.229. The highest BCUT2D eigenvalue weighted by Crippen LogP contribution is 2.33. The maximum absolute atomic E-state index is 11.0. The molecule has 1 aliphatic heterocycles. The molecule has 2 fully saturated rings. The Morgan fingerprint density at radius 2 is 2.29 bits per heavy atom. The fourth-order valence-corrected chi connectivity index (χ4v) is 2.99. The first-order chi connectivity index (χ1) is 6.77. The van der Waals surface area contributed by atoms with Crippen molar-refractivity contribution in [3.8, 4) is 0 Å². The highest BCUT2D eigenvalue weighted by molar-refractivity contribution is 7.99. The summed E-state index contributed by atoms with van der Waals surface area (Å²) in [6, 6.07) is -0.229.